The second-order valence-corrected chi connectivity index (χ2v) is 8.31. The summed E-state index contributed by atoms with van der Waals surface area (Å²) < 4.78 is 7.33. The minimum Gasteiger partial charge on any atom is -0.466 e. The molecule has 1 fully saturated rings. The van der Waals surface area contributed by atoms with E-state index in [4.69, 9.17) is 4.74 Å². The van der Waals surface area contributed by atoms with E-state index in [9.17, 15) is 9.59 Å². The lowest BCUT2D eigenvalue weighted by Gasteiger charge is -2.32. The van der Waals surface area contributed by atoms with Crippen molar-refractivity contribution in [3.8, 4) is 0 Å². The summed E-state index contributed by atoms with van der Waals surface area (Å²) in [5, 5.41) is 1.18. The van der Waals surface area contributed by atoms with E-state index in [1.54, 1.807) is 0 Å². The first-order valence-corrected chi connectivity index (χ1v) is 11.1. The molecular formula is C26H30N2O3. The highest BCUT2D eigenvalue weighted by molar-refractivity contribution is 5.87. The minimum atomic E-state index is -0.217. The van der Waals surface area contributed by atoms with E-state index in [0.717, 1.165) is 29.5 Å². The second-order valence-electron chi connectivity index (χ2n) is 8.31. The van der Waals surface area contributed by atoms with Crippen LogP contribution >= 0.6 is 0 Å². The fourth-order valence-corrected chi connectivity index (χ4v) is 4.70. The van der Waals surface area contributed by atoms with Gasteiger partial charge in [-0.2, -0.15) is 0 Å². The van der Waals surface area contributed by atoms with Gasteiger partial charge in [0, 0.05) is 49.6 Å². The van der Waals surface area contributed by atoms with Gasteiger partial charge in [0.15, 0.2) is 0 Å². The van der Waals surface area contributed by atoms with Crippen molar-refractivity contribution in [3.63, 3.8) is 0 Å². The average molecular weight is 419 g/mol. The van der Waals surface area contributed by atoms with E-state index in [1.807, 2.05) is 49.2 Å². The van der Waals surface area contributed by atoms with Crippen LogP contribution in [0.1, 0.15) is 43.2 Å². The molecule has 1 aliphatic heterocycles. The van der Waals surface area contributed by atoms with E-state index in [0.29, 0.717) is 26.1 Å². The molecule has 0 spiro atoms. The molecular weight excluding hydrogens is 388 g/mol. The summed E-state index contributed by atoms with van der Waals surface area (Å²) in [4.78, 5) is 27.5. The summed E-state index contributed by atoms with van der Waals surface area (Å²) in [6, 6.07) is 18.6. The van der Waals surface area contributed by atoms with Crippen LogP contribution in [0.2, 0.25) is 0 Å². The van der Waals surface area contributed by atoms with Gasteiger partial charge < -0.3 is 14.2 Å². The number of hydrogen-bond acceptors (Lipinski definition) is 3. The minimum absolute atomic E-state index is 0.0391. The van der Waals surface area contributed by atoms with Gasteiger partial charge in [-0.3, -0.25) is 9.59 Å². The number of ether oxygens (including phenoxy) is 1. The van der Waals surface area contributed by atoms with Crippen LogP contribution in [-0.4, -0.2) is 41.0 Å². The number of benzene rings is 2. The maximum Gasteiger partial charge on any atom is 0.310 e. The maximum atomic E-state index is 13.4. The van der Waals surface area contributed by atoms with Gasteiger partial charge >= 0.3 is 5.97 Å². The molecule has 162 valence electrons. The number of carbonyl (C=O) groups is 2. The third-order valence-corrected chi connectivity index (χ3v) is 6.28. The number of piperidine rings is 1. The van der Waals surface area contributed by atoms with Crippen molar-refractivity contribution >= 4 is 22.8 Å². The second kappa shape index (κ2) is 9.38. The van der Waals surface area contributed by atoms with Crippen LogP contribution in [0.15, 0.2) is 60.8 Å². The van der Waals surface area contributed by atoms with Gasteiger partial charge in [-0.15, -0.1) is 0 Å². The predicted molar refractivity (Wildman–Crippen MR) is 122 cm³/mol. The molecule has 5 heteroatoms. The molecule has 2 aromatic carbocycles. The smallest absolute Gasteiger partial charge is 0.310 e. The summed E-state index contributed by atoms with van der Waals surface area (Å²) in [6.07, 6.45) is 4.15. The quantitative estimate of drug-likeness (QED) is 0.554. The summed E-state index contributed by atoms with van der Waals surface area (Å²) in [5.74, 6) is -0.349. The lowest BCUT2D eigenvalue weighted by molar-refractivity contribution is -0.151. The Morgan fingerprint density at radius 2 is 1.84 bits per heavy atom. The third kappa shape index (κ3) is 4.50. The molecule has 31 heavy (non-hydrogen) atoms. The monoisotopic (exact) mass is 418 g/mol. The molecule has 0 radical (unpaired) electrons. The number of esters is 1. The van der Waals surface area contributed by atoms with Gasteiger partial charge in [-0.25, -0.2) is 0 Å². The highest BCUT2D eigenvalue weighted by Crippen LogP contribution is 2.35. The fraction of sp³-hybridized carbons (Fsp3) is 0.385. The van der Waals surface area contributed by atoms with E-state index in [2.05, 4.69) is 35.0 Å². The number of fused-ring (bicyclic) bond motifs is 1. The zero-order chi connectivity index (χ0) is 21.8. The molecule has 0 bridgehead atoms. The Morgan fingerprint density at radius 3 is 2.61 bits per heavy atom. The Kier molecular flexibility index (Phi) is 6.40. The summed E-state index contributed by atoms with van der Waals surface area (Å²) >= 11 is 0. The van der Waals surface area contributed by atoms with Crippen LogP contribution in [0.25, 0.3) is 10.9 Å². The Balaban J connectivity index is 1.61. The molecule has 1 saturated heterocycles. The van der Waals surface area contributed by atoms with E-state index in [-0.39, 0.29) is 23.7 Å². The van der Waals surface area contributed by atoms with Crippen molar-refractivity contribution in [2.24, 2.45) is 13.0 Å². The summed E-state index contributed by atoms with van der Waals surface area (Å²) in [6.45, 7) is 3.35. The topological polar surface area (TPSA) is 51.5 Å². The Hall–Kier alpha value is -3.08. The van der Waals surface area contributed by atoms with Crippen LogP contribution in [0.3, 0.4) is 0 Å². The average Bonchev–Trinajstić information content (AvgIpc) is 3.14. The van der Waals surface area contributed by atoms with Crippen molar-refractivity contribution in [2.75, 3.05) is 19.7 Å². The molecule has 2 heterocycles. The van der Waals surface area contributed by atoms with E-state index < -0.39 is 0 Å². The first-order valence-electron chi connectivity index (χ1n) is 11.1. The highest BCUT2D eigenvalue weighted by atomic mass is 16.5. The van der Waals surface area contributed by atoms with Crippen LogP contribution in [0, 0.1) is 5.92 Å². The molecule has 4 rings (SSSR count). The molecule has 0 N–H and O–H groups in total. The molecule has 2 unspecified atom stereocenters. The van der Waals surface area contributed by atoms with Gasteiger partial charge in [-0.05, 0) is 37.0 Å². The van der Waals surface area contributed by atoms with Gasteiger partial charge in [0.2, 0.25) is 5.91 Å². The molecule has 1 amide bonds. The largest absolute Gasteiger partial charge is 0.466 e. The normalized spacial score (nSPS) is 17.5. The third-order valence-electron chi connectivity index (χ3n) is 6.28. The Bertz CT molecular complexity index is 1060. The van der Waals surface area contributed by atoms with Gasteiger partial charge in [0.25, 0.3) is 0 Å². The molecule has 2 atom stereocenters. The summed E-state index contributed by atoms with van der Waals surface area (Å²) in [5.41, 5.74) is 3.45. The number of nitrogens with zero attached hydrogens (tertiary/aromatic N) is 2. The van der Waals surface area contributed by atoms with Crippen LogP contribution in [0.4, 0.5) is 0 Å². The van der Waals surface area contributed by atoms with Crippen molar-refractivity contribution < 1.29 is 14.3 Å². The first-order chi connectivity index (χ1) is 15.1. The number of aryl methyl sites for hydroxylation is 1. The van der Waals surface area contributed by atoms with Gasteiger partial charge in [-0.1, -0.05) is 48.5 Å². The van der Waals surface area contributed by atoms with Gasteiger partial charge in [0.05, 0.1) is 12.5 Å². The number of carbonyl (C=O) groups excluding carboxylic acids is 2. The number of hydrogen-bond donors (Lipinski definition) is 0. The standard InChI is InChI=1S/C26H30N2O3/c1-3-31-26(30)20-12-9-15-28(17-20)25(29)16-22(19-10-5-4-6-11-19)23-18-27(2)24-14-8-7-13-21(23)24/h4-8,10-11,13-14,18,20,22H,3,9,12,15-17H2,1-2H3. The van der Waals surface area contributed by atoms with Crippen LogP contribution < -0.4 is 0 Å². The van der Waals surface area contributed by atoms with E-state index >= 15 is 0 Å². The molecule has 0 saturated carbocycles. The van der Waals surface area contributed by atoms with Crippen LogP contribution in [-0.2, 0) is 21.4 Å². The number of likely N-dealkylation sites (tertiary alicyclic amines) is 1. The zero-order valence-corrected chi connectivity index (χ0v) is 18.3. The zero-order valence-electron chi connectivity index (χ0n) is 18.3. The maximum absolute atomic E-state index is 13.4. The SMILES string of the molecule is CCOC(=O)C1CCCN(C(=O)CC(c2ccccc2)c2cn(C)c3ccccc23)C1. The van der Waals surface area contributed by atoms with Crippen LogP contribution in [0.5, 0.6) is 0 Å². The van der Waals surface area contributed by atoms with Crippen molar-refractivity contribution in [2.45, 2.75) is 32.1 Å². The highest BCUT2D eigenvalue weighted by Gasteiger charge is 2.31. The van der Waals surface area contributed by atoms with Gasteiger partial charge in [0.1, 0.15) is 0 Å². The molecule has 1 aromatic heterocycles. The summed E-state index contributed by atoms with van der Waals surface area (Å²) in [7, 11) is 2.05. The van der Waals surface area contributed by atoms with E-state index in [1.165, 1.54) is 5.39 Å². The molecule has 0 aliphatic carbocycles. The lowest BCUT2D eigenvalue weighted by Crippen LogP contribution is -2.43. The number of para-hydroxylation sites is 1. The molecule has 3 aromatic rings. The Morgan fingerprint density at radius 1 is 1.10 bits per heavy atom. The van der Waals surface area contributed by atoms with Crippen molar-refractivity contribution in [3.05, 3.63) is 71.9 Å². The lowest BCUT2D eigenvalue weighted by atomic mass is 9.87. The number of rotatable bonds is 6. The molecule has 1 aliphatic rings. The number of aromatic nitrogens is 1. The van der Waals surface area contributed by atoms with Crippen molar-refractivity contribution in [1.82, 2.24) is 9.47 Å². The van der Waals surface area contributed by atoms with Crippen molar-refractivity contribution in [1.29, 1.82) is 0 Å². The predicted octanol–water partition coefficient (Wildman–Crippen LogP) is 4.50. The first kappa shape index (κ1) is 21.2. The fourth-order valence-electron chi connectivity index (χ4n) is 4.70. The number of amides is 1. The molecule has 5 nitrogen and oxygen atoms in total. The Labute approximate surface area is 183 Å².